The van der Waals surface area contributed by atoms with Crippen molar-refractivity contribution >= 4 is 28.4 Å². The van der Waals surface area contributed by atoms with Crippen LogP contribution in [0, 0.1) is 6.92 Å². The Bertz CT molecular complexity index is 1470. The molecule has 6 nitrogen and oxygen atoms in total. The number of amides is 1. The first-order valence-electron chi connectivity index (χ1n) is 13.7. The molecule has 0 saturated carbocycles. The van der Waals surface area contributed by atoms with Gasteiger partial charge in [-0.05, 0) is 94.7 Å². The van der Waals surface area contributed by atoms with Crippen LogP contribution in [0.5, 0.6) is 0 Å². The lowest BCUT2D eigenvalue weighted by Gasteiger charge is -2.36. The predicted octanol–water partition coefficient (Wildman–Crippen LogP) is 6.98. The van der Waals surface area contributed by atoms with E-state index in [0.29, 0.717) is 43.6 Å². The normalized spacial score (nSPS) is 16.6. The molecule has 1 aromatic heterocycles. The molecule has 0 aliphatic carbocycles. The van der Waals surface area contributed by atoms with Crippen LogP contribution in [-0.2, 0) is 18.2 Å². The van der Waals surface area contributed by atoms with Crippen LogP contribution in [0.3, 0.4) is 0 Å². The van der Waals surface area contributed by atoms with Crippen molar-refractivity contribution in [3.05, 3.63) is 69.0 Å². The van der Waals surface area contributed by atoms with Gasteiger partial charge in [0.2, 0.25) is 0 Å². The average Bonchev–Trinajstić information content (AvgIpc) is 2.89. The molecule has 2 aromatic carbocycles. The maximum atomic E-state index is 14.5. The van der Waals surface area contributed by atoms with Crippen molar-refractivity contribution in [3.63, 3.8) is 0 Å². The molecule has 0 N–H and O–H groups in total. The lowest BCUT2D eigenvalue weighted by atomic mass is 9.83. The molecule has 1 fully saturated rings. The van der Waals surface area contributed by atoms with Gasteiger partial charge < -0.3 is 19.1 Å². The summed E-state index contributed by atoms with van der Waals surface area (Å²) in [6, 6.07) is 11.4. The maximum absolute atomic E-state index is 14.5. The van der Waals surface area contributed by atoms with E-state index < -0.39 is 12.0 Å². The number of fused-ring (bicyclic) bond motifs is 2. The van der Waals surface area contributed by atoms with Gasteiger partial charge >= 0.3 is 6.09 Å². The predicted molar refractivity (Wildman–Crippen MR) is 150 cm³/mol. The second-order valence-electron chi connectivity index (χ2n) is 11.8. The first kappa shape index (κ1) is 27.2. The number of aryl methyl sites for hydroxylation is 3. The number of piperidine rings is 1. The minimum Gasteiger partial charge on any atom is -0.444 e. The molecule has 2 aliphatic heterocycles. The minimum atomic E-state index is -2.60. The molecule has 208 valence electrons. The summed E-state index contributed by atoms with van der Waals surface area (Å²) in [6.45, 7) is 9.00. The monoisotopic (exact) mass is 537 g/mol. The summed E-state index contributed by atoms with van der Waals surface area (Å²) in [5, 5.41) is 0.933. The zero-order valence-corrected chi connectivity index (χ0v) is 23.4. The number of hydrogen-bond donors (Lipinski definition) is 0. The van der Waals surface area contributed by atoms with Crippen LogP contribution in [0.15, 0.2) is 41.2 Å². The van der Waals surface area contributed by atoms with Crippen molar-refractivity contribution in [2.75, 3.05) is 24.5 Å². The third kappa shape index (κ3) is 5.25. The van der Waals surface area contributed by atoms with Gasteiger partial charge in [-0.15, -0.1) is 0 Å². The lowest BCUT2D eigenvalue weighted by Crippen LogP contribution is -2.41. The molecule has 39 heavy (non-hydrogen) atoms. The van der Waals surface area contributed by atoms with Crippen molar-refractivity contribution in [1.82, 2.24) is 9.47 Å². The smallest absolute Gasteiger partial charge is 0.410 e. The molecule has 3 heterocycles. The van der Waals surface area contributed by atoms with Gasteiger partial charge in [0.25, 0.3) is 12.0 Å². The fourth-order valence-corrected chi connectivity index (χ4v) is 6.03. The third-order valence-electron chi connectivity index (χ3n) is 7.94. The van der Waals surface area contributed by atoms with Gasteiger partial charge in [-0.25, -0.2) is 13.6 Å². The van der Waals surface area contributed by atoms with Crippen LogP contribution in [0.2, 0.25) is 0 Å². The fraction of sp³-hybridized carbons (Fsp3) is 0.484. The Kier molecular flexibility index (Phi) is 7.16. The highest BCUT2D eigenvalue weighted by molar-refractivity contribution is 5.95. The summed E-state index contributed by atoms with van der Waals surface area (Å²) in [6.07, 6.45) is 0.0171. The van der Waals surface area contributed by atoms with E-state index in [9.17, 15) is 18.4 Å². The van der Waals surface area contributed by atoms with Gasteiger partial charge in [-0.2, -0.15) is 0 Å². The average molecular weight is 538 g/mol. The minimum absolute atomic E-state index is 0.0388. The second kappa shape index (κ2) is 10.3. The second-order valence-corrected chi connectivity index (χ2v) is 11.8. The van der Waals surface area contributed by atoms with Crippen molar-refractivity contribution in [1.29, 1.82) is 0 Å². The first-order valence-corrected chi connectivity index (χ1v) is 13.7. The molecule has 0 spiro atoms. The Balaban J connectivity index is 1.49. The van der Waals surface area contributed by atoms with E-state index in [0.717, 1.165) is 40.7 Å². The van der Waals surface area contributed by atoms with E-state index in [2.05, 4.69) is 4.90 Å². The Morgan fingerprint density at radius 3 is 2.44 bits per heavy atom. The number of pyridine rings is 1. The molecule has 0 atom stereocenters. The number of anilines is 2. The van der Waals surface area contributed by atoms with Gasteiger partial charge in [-0.3, -0.25) is 4.79 Å². The molecule has 1 saturated heterocycles. The van der Waals surface area contributed by atoms with E-state index in [-0.39, 0.29) is 23.1 Å². The molecule has 0 unspecified atom stereocenters. The van der Waals surface area contributed by atoms with Crippen LogP contribution in [0.4, 0.5) is 25.0 Å². The zero-order valence-electron chi connectivity index (χ0n) is 23.4. The lowest BCUT2D eigenvalue weighted by molar-refractivity contribution is 0.0203. The molecule has 0 radical (unpaired) electrons. The van der Waals surface area contributed by atoms with E-state index >= 15 is 0 Å². The largest absolute Gasteiger partial charge is 0.444 e. The quantitative estimate of drug-likeness (QED) is 0.362. The molecule has 1 amide bonds. The van der Waals surface area contributed by atoms with Gasteiger partial charge in [0.1, 0.15) is 5.60 Å². The molecular weight excluding hydrogens is 500 g/mol. The van der Waals surface area contributed by atoms with Crippen LogP contribution >= 0.6 is 0 Å². The van der Waals surface area contributed by atoms with Crippen molar-refractivity contribution in [2.45, 2.75) is 71.3 Å². The van der Waals surface area contributed by atoms with E-state index in [1.807, 2.05) is 51.1 Å². The summed E-state index contributed by atoms with van der Waals surface area (Å²) in [7, 11) is 1.76. The van der Waals surface area contributed by atoms with E-state index in [1.54, 1.807) is 29.5 Å². The zero-order chi connectivity index (χ0) is 28.1. The molecule has 3 aromatic rings. The number of alkyl halides is 2. The number of likely N-dealkylation sites (tertiary alicyclic amines) is 1. The summed E-state index contributed by atoms with van der Waals surface area (Å²) < 4.78 is 36.2. The van der Waals surface area contributed by atoms with Crippen LogP contribution in [0.1, 0.15) is 74.6 Å². The number of aromatic nitrogens is 1. The number of benzene rings is 2. The first-order chi connectivity index (χ1) is 18.4. The Morgan fingerprint density at radius 1 is 1.05 bits per heavy atom. The summed E-state index contributed by atoms with van der Waals surface area (Å²) in [4.78, 5) is 28.9. The molecule has 0 bridgehead atoms. The van der Waals surface area contributed by atoms with Crippen LogP contribution < -0.4 is 10.5 Å². The van der Waals surface area contributed by atoms with E-state index in [4.69, 9.17) is 4.74 Å². The SMILES string of the molecule is Cc1cc2c(N3CCCc4cc(C5CCN(C(=O)OC(C)(C)C)CC5)c(C(F)F)cc43)cccc2n(C)c1=O. The number of carbonyl (C=O) groups excluding carboxylic acids is 1. The molecule has 2 aliphatic rings. The Hall–Kier alpha value is -3.42. The Morgan fingerprint density at radius 2 is 1.77 bits per heavy atom. The van der Waals surface area contributed by atoms with Crippen LogP contribution in [0.25, 0.3) is 10.9 Å². The highest BCUT2D eigenvalue weighted by Crippen LogP contribution is 2.43. The van der Waals surface area contributed by atoms with E-state index in [1.165, 1.54) is 0 Å². The number of hydrogen-bond acceptors (Lipinski definition) is 4. The number of ether oxygens (including phenoxy) is 1. The summed E-state index contributed by atoms with van der Waals surface area (Å²) in [5.74, 6) is -0.0388. The van der Waals surface area contributed by atoms with Crippen molar-refractivity contribution < 1.29 is 18.3 Å². The third-order valence-corrected chi connectivity index (χ3v) is 7.94. The molecular formula is C31H37F2N3O3. The van der Waals surface area contributed by atoms with Gasteiger partial charge in [0, 0.05) is 48.9 Å². The molecule has 5 rings (SSSR count). The number of nitrogens with zero attached hydrogens (tertiary/aromatic N) is 3. The van der Waals surface area contributed by atoms with Gasteiger partial charge in [0.05, 0.1) is 11.2 Å². The van der Waals surface area contributed by atoms with Gasteiger partial charge in [-0.1, -0.05) is 12.1 Å². The topological polar surface area (TPSA) is 54.8 Å². The number of carbonyl (C=O) groups is 1. The summed E-state index contributed by atoms with van der Waals surface area (Å²) >= 11 is 0. The number of halogens is 2. The molecule has 8 heteroatoms. The highest BCUT2D eigenvalue weighted by atomic mass is 19.3. The fourth-order valence-electron chi connectivity index (χ4n) is 6.03. The van der Waals surface area contributed by atoms with Crippen molar-refractivity contribution in [2.24, 2.45) is 7.05 Å². The summed E-state index contributed by atoms with van der Waals surface area (Å²) in [5.41, 5.74) is 4.42. The standard InChI is InChI=1S/C31H37F2N3O3/c1-19-16-24-25(34(5)29(19)37)9-6-10-26(24)36-13-7-8-21-17-22(23(28(32)33)18-27(21)36)20-11-14-35(15-12-20)30(38)39-31(2,3)4/h6,9-10,16-18,20,28H,7-8,11-15H2,1-5H3. The van der Waals surface area contributed by atoms with Crippen LogP contribution in [-0.4, -0.2) is 40.8 Å². The number of rotatable bonds is 3. The van der Waals surface area contributed by atoms with Crippen molar-refractivity contribution in [3.8, 4) is 0 Å². The highest BCUT2D eigenvalue weighted by Gasteiger charge is 2.32. The van der Waals surface area contributed by atoms with Gasteiger partial charge in [0.15, 0.2) is 0 Å². The maximum Gasteiger partial charge on any atom is 0.410 e. The Labute approximate surface area is 228 Å².